The van der Waals surface area contributed by atoms with E-state index in [-0.39, 0.29) is 0 Å². The van der Waals surface area contributed by atoms with Crippen LogP contribution in [0.5, 0.6) is 0 Å². The van der Waals surface area contributed by atoms with Gasteiger partial charge in [0.1, 0.15) is 0 Å². The highest BCUT2D eigenvalue weighted by Crippen LogP contribution is 2.12. The van der Waals surface area contributed by atoms with Crippen LogP contribution in [0.25, 0.3) is 0 Å². The standard InChI is InChI=1S/C15H23NO2/c1-2-3-4-5-6-7-8-11-14-13(15(17)18)10-9-12-16-14/h9-10,12H,2-8,11H2,1H3,(H,17,18). The maximum absolute atomic E-state index is 11.0. The molecule has 0 bridgehead atoms. The Balaban J connectivity index is 2.25. The second-order valence-electron chi connectivity index (χ2n) is 4.67. The van der Waals surface area contributed by atoms with Crippen LogP contribution in [0.4, 0.5) is 0 Å². The molecule has 0 spiro atoms. The number of carboxylic acid groups (broad SMARTS) is 1. The lowest BCUT2D eigenvalue weighted by molar-refractivity contribution is 0.0695. The molecular formula is C15H23NO2. The van der Waals surface area contributed by atoms with E-state index in [0.717, 1.165) is 18.5 Å². The third-order valence-corrected chi connectivity index (χ3v) is 3.14. The number of aryl methyl sites for hydroxylation is 1. The Kier molecular flexibility index (Phi) is 7.07. The molecule has 1 aromatic rings. The monoisotopic (exact) mass is 249 g/mol. The lowest BCUT2D eigenvalue weighted by Gasteiger charge is -2.04. The van der Waals surface area contributed by atoms with E-state index >= 15 is 0 Å². The molecule has 0 atom stereocenters. The summed E-state index contributed by atoms with van der Waals surface area (Å²) in [5, 5.41) is 9.03. The lowest BCUT2D eigenvalue weighted by atomic mass is 10.0. The van der Waals surface area contributed by atoms with Gasteiger partial charge < -0.3 is 5.11 Å². The van der Waals surface area contributed by atoms with Crippen LogP contribution in [-0.4, -0.2) is 16.1 Å². The maximum atomic E-state index is 11.0. The Morgan fingerprint density at radius 3 is 2.50 bits per heavy atom. The zero-order valence-electron chi connectivity index (χ0n) is 11.2. The number of aromatic carboxylic acids is 1. The number of hydrogen-bond acceptors (Lipinski definition) is 2. The first-order valence-electron chi connectivity index (χ1n) is 6.93. The quantitative estimate of drug-likeness (QED) is 0.671. The first-order chi connectivity index (χ1) is 8.75. The molecule has 1 heterocycles. The minimum absolute atomic E-state index is 0.350. The topological polar surface area (TPSA) is 50.2 Å². The van der Waals surface area contributed by atoms with Crippen molar-refractivity contribution in [2.45, 2.75) is 58.3 Å². The highest BCUT2D eigenvalue weighted by Gasteiger charge is 2.09. The first-order valence-corrected chi connectivity index (χ1v) is 6.93. The average Bonchev–Trinajstić information content (AvgIpc) is 2.38. The molecule has 0 unspecified atom stereocenters. The summed E-state index contributed by atoms with van der Waals surface area (Å²) in [7, 11) is 0. The van der Waals surface area contributed by atoms with E-state index in [1.807, 2.05) is 0 Å². The fourth-order valence-electron chi connectivity index (χ4n) is 2.08. The summed E-state index contributed by atoms with van der Waals surface area (Å²) >= 11 is 0. The van der Waals surface area contributed by atoms with Gasteiger partial charge in [0.25, 0.3) is 0 Å². The molecule has 0 aliphatic carbocycles. The van der Waals surface area contributed by atoms with Crippen LogP contribution in [0.1, 0.15) is 67.9 Å². The summed E-state index contributed by atoms with van der Waals surface area (Å²) in [6.07, 6.45) is 11.1. The number of rotatable bonds is 9. The van der Waals surface area contributed by atoms with Gasteiger partial charge in [0, 0.05) is 6.20 Å². The van der Waals surface area contributed by atoms with E-state index in [4.69, 9.17) is 5.11 Å². The van der Waals surface area contributed by atoms with Crippen molar-refractivity contribution < 1.29 is 9.90 Å². The van der Waals surface area contributed by atoms with Crippen LogP contribution in [0, 0.1) is 0 Å². The van der Waals surface area contributed by atoms with Crippen molar-refractivity contribution in [3.8, 4) is 0 Å². The van der Waals surface area contributed by atoms with E-state index in [1.165, 1.54) is 38.5 Å². The molecule has 1 aromatic heterocycles. The smallest absolute Gasteiger partial charge is 0.337 e. The molecule has 0 amide bonds. The SMILES string of the molecule is CCCCCCCCCc1ncccc1C(=O)O. The van der Waals surface area contributed by atoms with Crippen molar-refractivity contribution in [2.75, 3.05) is 0 Å². The molecule has 0 saturated carbocycles. The van der Waals surface area contributed by atoms with Gasteiger partial charge in [-0.1, -0.05) is 45.4 Å². The van der Waals surface area contributed by atoms with Crippen LogP contribution in [-0.2, 0) is 6.42 Å². The second kappa shape index (κ2) is 8.67. The Hall–Kier alpha value is -1.38. The molecule has 18 heavy (non-hydrogen) atoms. The van der Waals surface area contributed by atoms with E-state index in [2.05, 4.69) is 11.9 Å². The summed E-state index contributed by atoms with van der Waals surface area (Å²) < 4.78 is 0. The summed E-state index contributed by atoms with van der Waals surface area (Å²) in [5.74, 6) is -0.874. The summed E-state index contributed by atoms with van der Waals surface area (Å²) in [4.78, 5) is 15.2. The van der Waals surface area contributed by atoms with Crippen molar-refractivity contribution in [3.63, 3.8) is 0 Å². The van der Waals surface area contributed by atoms with E-state index in [1.54, 1.807) is 18.3 Å². The Labute approximate surface area is 109 Å². The van der Waals surface area contributed by atoms with Gasteiger partial charge in [-0.25, -0.2) is 4.79 Å². The third kappa shape index (κ3) is 5.30. The summed E-state index contributed by atoms with van der Waals surface area (Å²) in [6, 6.07) is 3.31. The zero-order chi connectivity index (χ0) is 13.2. The largest absolute Gasteiger partial charge is 0.478 e. The molecule has 0 radical (unpaired) electrons. The van der Waals surface area contributed by atoms with Crippen LogP contribution in [0.2, 0.25) is 0 Å². The Bertz CT molecular complexity index is 363. The molecular weight excluding hydrogens is 226 g/mol. The number of carbonyl (C=O) groups is 1. The van der Waals surface area contributed by atoms with Crippen molar-refractivity contribution in [1.29, 1.82) is 0 Å². The highest BCUT2D eigenvalue weighted by atomic mass is 16.4. The third-order valence-electron chi connectivity index (χ3n) is 3.14. The van der Waals surface area contributed by atoms with Crippen LogP contribution in [0.3, 0.4) is 0 Å². The number of carboxylic acids is 1. The van der Waals surface area contributed by atoms with Crippen LogP contribution >= 0.6 is 0 Å². The van der Waals surface area contributed by atoms with Gasteiger partial charge in [-0.3, -0.25) is 4.98 Å². The fraction of sp³-hybridized carbons (Fsp3) is 0.600. The van der Waals surface area contributed by atoms with Gasteiger partial charge in [0.2, 0.25) is 0 Å². The Morgan fingerprint density at radius 2 is 1.83 bits per heavy atom. The Morgan fingerprint density at radius 1 is 1.17 bits per heavy atom. The van der Waals surface area contributed by atoms with Crippen LogP contribution < -0.4 is 0 Å². The molecule has 0 fully saturated rings. The predicted molar refractivity (Wildman–Crippen MR) is 72.9 cm³/mol. The van der Waals surface area contributed by atoms with Gasteiger partial charge in [-0.2, -0.15) is 0 Å². The van der Waals surface area contributed by atoms with Gasteiger partial charge in [-0.15, -0.1) is 0 Å². The number of unbranched alkanes of at least 4 members (excludes halogenated alkanes) is 6. The lowest BCUT2D eigenvalue weighted by Crippen LogP contribution is -2.04. The van der Waals surface area contributed by atoms with Crippen molar-refractivity contribution in [1.82, 2.24) is 4.98 Å². The molecule has 100 valence electrons. The van der Waals surface area contributed by atoms with E-state index in [0.29, 0.717) is 5.56 Å². The molecule has 1 N–H and O–H groups in total. The van der Waals surface area contributed by atoms with Gasteiger partial charge in [0.05, 0.1) is 11.3 Å². The predicted octanol–water partition coefficient (Wildman–Crippen LogP) is 4.07. The number of hydrogen-bond donors (Lipinski definition) is 1. The van der Waals surface area contributed by atoms with Crippen molar-refractivity contribution >= 4 is 5.97 Å². The van der Waals surface area contributed by atoms with Crippen molar-refractivity contribution in [2.24, 2.45) is 0 Å². The van der Waals surface area contributed by atoms with Gasteiger partial charge in [0.15, 0.2) is 0 Å². The second-order valence-corrected chi connectivity index (χ2v) is 4.67. The molecule has 1 rings (SSSR count). The van der Waals surface area contributed by atoms with Gasteiger partial charge >= 0.3 is 5.97 Å². The first kappa shape index (κ1) is 14.7. The van der Waals surface area contributed by atoms with Crippen LogP contribution in [0.15, 0.2) is 18.3 Å². The highest BCUT2D eigenvalue weighted by molar-refractivity contribution is 5.88. The fourth-order valence-corrected chi connectivity index (χ4v) is 2.08. The number of aromatic nitrogens is 1. The minimum Gasteiger partial charge on any atom is -0.478 e. The van der Waals surface area contributed by atoms with Crippen molar-refractivity contribution in [3.05, 3.63) is 29.6 Å². The molecule has 0 aromatic carbocycles. The maximum Gasteiger partial charge on any atom is 0.337 e. The number of pyridine rings is 1. The zero-order valence-corrected chi connectivity index (χ0v) is 11.2. The summed E-state index contributed by atoms with van der Waals surface area (Å²) in [6.45, 7) is 2.22. The minimum atomic E-state index is -0.874. The summed E-state index contributed by atoms with van der Waals surface area (Å²) in [5.41, 5.74) is 1.07. The molecule has 3 nitrogen and oxygen atoms in total. The van der Waals surface area contributed by atoms with E-state index in [9.17, 15) is 4.79 Å². The number of nitrogens with zero attached hydrogens (tertiary/aromatic N) is 1. The molecule has 0 aliphatic rings. The molecule has 3 heteroatoms. The van der Waals surface area contributed by atoms with E-state index < -0.39 is 5.97 Å². The van der Waals surface area contributed by atoms with Gasteiger partial charge in [-0.05, 0) is 25.0 Å². The molecule has 0 saturated heterocycles. The average molecular weight is 249 g/mol. The normalized spacial score (nSPS) is 10.5. The molecule has 0 aliphatic heterocycles.